The largest absolute Gasteiger partial charge is 1.00 e. The smallest absolute Gasteiger partial charge is 0.850 e. The Morgan fingerprint density at radius 3 is 1.42 bits per heavy atom. The molecular weight excluding hydrogens is 1460 g/mol. The van der Waals surface area contributed by atoms with Crippen LogP contribution in [0.25, 0.3) is 41.8 Å². The zero-order valence-corrected chi connectivity index (χ0v) is 67.2. The maximum atomic E-state index is 10.7. The van der Waals surface area contributed by atoms with Gasteiger partial charge in [0.05, 0.1) is 60.8 Å². The van der Waals surface area contributed by atoms with Crippen molar-refractivity contribution in [2.24, 2.45) is 0 Å². The quantitative estimate of drug-likeness (QED) is 0.0566. The van der Waals surface area contributed by atoms with Gasteiger partial charge in [-0.3, -0.25) is 19.1 Å². The van der Waals surface area contributed by atoms with Crippen LogP contribution in [-0.2, 0) is 50.2 Å². The Bertz CT molecular complexity index is 5170. The molecule has 15 rings (SSSR count). The number of nitrogen functional groups attached to an aromatic ring is 2. The number of para-hydroxylation sites is 1. The molecule has 5 unspecified atom stereocenters. The van der Waals surface area contributed by atoms with E-state index in [0.717, 1.165) is 96.2 Å². The van der Waals surface area contributed by atoms with E-state index in [4.69, 9.17) is 85.5 Å². The Kier molecular flexibility index (Phi) is 33.3. The average molecular weight is 1560 g/mol. The number of fused-ring (bicyclic) bond motifs is 4. The zero-order valence-electron chi connectivity index (χ0n) is 65.2. The van der Waals surface area contributed by atoms with Crippen LogP contribution >= 0.6 is 0 Å². The van der Waals surface area contributed by atoms with Gasteiger partial charge in [0, 0.05) is 34.6 Å². The molecule has 8 aromatic carbocycles. The van der Waals surface area contributed by atoms with E-state index < -0.39 is 17.2 Å². The van der Waals surface area contributed by atoms with Gasteiger partial charge in [0.2, 0.25) is 11.5 Å². The summed E-state index contributed by atoms with van der Waals surface area (Å²) in [4.78, 5) is 35.1. The molecule has 1 saturated heterocycles. The van der Waals surface area contributed by atoms with Crippen LogP contribution in [0.3, 0.4) is 0 Å². The van der Waals surface area contributed by atoms with Crippen LogP contribution in [0.1, 0.15) is 130 Å². The summed E-state index contributed by atoms with van der Waals surface area (Å²) in [5.74, 6) is 6.56. The summed E-state index contributed by atoms with van der Waals surface area (Å²) in [6, 6.07) is 67.3. The van der Waals surface area contributed by atoms with Crippen molar-refractivity contribution in [3.8, 4) is 57.4 Å². The molecule has 3 aromatic heterocycles. The van der Waals surface area contributed by atoms with E-state index in [2.05, 4.69) is 33.9 Å². The fraction of sp³-hybridized carbons (Fsp3) is 0.286. The molecule has 5 atom stereocenters. The molecule has 7 heterocycles. The Balaban J connectivity index is 0.000000213. The molecule has 4 aliphatic heterocycles. The number of hydrogen-bond acceptors (Lipinski definition) is 17. The van der Waals surface area contributed by atoms with Crippen molar-refractivity contribution < 1.29 is 87.2 Å². The van der Waals surface area contributed by atoms with Crippen LogP contribution in [0.15, 0.2) is 230 Å². The van der Waals surface area contributed by atoms with Crippen LogP contribution < -0.4 is 74.7 Å². The van der Waals surface area contributed by atoms with Crippen LogP contribution in [0.5, 0.6) is 46.0 Å². The number of hydrogen-bond donors (Lipinski definition) is 3. The molecule has 23 nitrogen and oxygen atoms in total. The van der Waals surface area contributed by atoms with E-state index in [9.17, 15) is 9.90 Å². The molecule has 5 N–H and O–H groups in total. The van der Waals surface area contributed by atoms with E-state index in [-0.39, 0.29) is 87.9 Å². The molecule has 115 heavy (non-hydrogen) atoms. The third kappa shape index (κ3) is 24.8. The molecule has 0 bridgehead atoms. The second kappa shape index (κ2) is 42.3. The van der Waals surface area contributed by atoms with Gasteiger partial charge in [0.25, 0.3) is 12.5 Å². The van der Waals surface area contributed by atoms with Crippen molar-refractivity contribution >= 4 is 39.8 Å². The van der Waals surface area contributed by atoms with Gasteiger partial charge in [-0.15, -0.1) is 5.60 Å². The minimum absolute atomic E-state index is 0. The van der Waals surface area contributed by atoms with Gasteiger partial charge >= 0.3 is 35.6 Å². The molecule has 24 heteroatoms. The Morgan fingerprint density at radius 2 is 0.965 bits per heavy atom. The second-order valence-corrected chi connectivity index (χ2v) is 28.2. The van der Waals surface area contributed by atoms with Crippen LogP contribution in [0, 0.1) is 26.3 Å². The first-order valence-corrected chi connectivity index (χ1v) is 36.3. The van der Waals surface area contributed by atoms with Gasteiger partial charge in [-0.25, -0.2) is 28.0 Å². The number of benzene rings is 8. The molecule has 0 spiro atoms. The Labute approximate surface area is 696 Å². The fourth-order valence-corrected chi connectivity index (χ4v) is 12.1. The molecule has 11 aromatic rings. The monoisotopic (exact) mass is 1560 g/mol. The minimum Gasteiger partial charge on any atom is -0.850 e. The van der Waals surface area contributed by atoms with Gasteiger partial charge in [-0.05, 0) is 169 Å². The predicted molar refractivity (Wildman–Crippen MR) is 443 cm³/mol. The van der Waals surface area contributed by atoms with E-state index in [0.29, 0.717) is 73.3 Å². The fourth-order valence-electron chi connectivity index (χ4n) is 12.1. The van der Waals surface area contributed by atoms with Crippen molar-refractivity contribution in [3.63, 3.8) is 0 Å². The van der Waals surface area contributed by atoms with Gasteiger partial charge in [0.1, 0.15) is 107 Å². The van der Waals surface area contributed by atoms with E-state index >= 15 is 0 Å². The summed E-state index contributed by atoms with van der Waals surface area (Å²) >= 11 is 0. The number of nitrogens with two attached hydrogens (primary N) is 2. The number of anilines is 3. The standard InChI is InChI=1S/C28H24N4O3.C27H23N3O3.C20H17N3O2.C6H7NO2.C4H10O.C4H9O.2CH4.Na/c1-18-25-24(16-33-18)32(27-26(25)30-17-31-28(27)29)20-10-12-21(13-11-20)35-23-9-5-8-22(14-23)34-15-19-6-3-2-4-7-19;1-20-27(29-3)26(18-31-20)30(19-28-2)22-12-14-23(15-13-22)33-25-11-7-10-24(16-25)32-17-21-8-5-4-6-9-21;1-13-18-17(12-24-13)23(20(22-2)19(18)21)14-8-10-16(11-9-14)25-15-6-4-3-5-7-15;1-4-6(7-2)5(8)3-9-4;2*1-4(2,3)5;;;/h2-14,17-18H,15-16H2,1H3,(H2,29,30,31);4-16,20H,17-19H2,1H3;3-11,13H,12,21H2,1H3;4,6H,3H2,1H3;5H,1-3H3;1-3H3;2*1H4;/q;;;;;-1;;;+1. The van der Waals surface area contributed by atoms with Gasteiger partial charge in [0.15, 0.2) is 5.82 Å². The number of Topliss-reactive ketones (excluding diaryl/α,β-unsaturated/α-hetero) is 1. The molecule has 0 saturated carbocycles. The average Bonchev–Trinajstić information content (AvgIpc) is 1.59. The summed E-state index contributed by atoms with van der Waals surface area (Å²) in [5.41, 5.74) is 23.5. The maximum Gasteiger partial charge on any atom is 1.00 e. The molecule has 0 amide bonds. The summed E-state index contributed by atoms with van der Waals surface area (Å²) in [5, 5.41) is 18.6. The van der Waals surface area contributed by atoms with Crippen LogP contribution in [0.2, 0.25) is 0 Å². The topological polar surface area (TPSA) is 252 Å². The third-order valence-electron chi connectivity index (χ3n) is 17.2. The third-order valence-corrected chi connectivity index (χ3v) is 17.2. The first-order valence-electron chi connectivity index (χ1n) is 36.3. The van der Waals surface area contributed by atoms with E-state index in [1.54, 1.807) is 48.5 Å². The van der Waals surface area contributed by atoms with Gasteiger partial charge in [-0.2, -0.15) is 0 Å². The SMILES string of the molecule is C.C.CC(C)(C)O.CC(C)(C)[O-].CC1OCc2c1c1ncnc(N)c1n2-c1ccc(Oc2cccc(OCc3ccccc3)c2)cc1.[C-]#[N+]C1C(=O)COC1C.[C-]#[N+]CN(C1=C([N+]#[C-])C(C)OC1)c1ccc(Oc2cccc(OCc3ccccc3)c2)cc1.[C-]#[N+]c1c(N)c2c(n1-c1ccc(Oc3ccccc3)cc1)COC2C.[Na+]. The van der Waals surface area contributed by atoms with Crippen molar-refractivity contribution in [1.82, 2.24) is 19.1 Å². The molecular formula is C91H98N11NaO12. The Morgan fingerprint density at radius 1 is 0.539 bits per heavy atom. The number of ketones is 1. The summed E-state index contributed by atoms with van der Waals surface area (Å²) in [7, 11) is 0. The molecule has 0 radical (unpaired) electrons. The van der Waals surface area contributed by atoms with Crippen molar-refractivity contribution in [2.75, 3.05) is 36.2 Å². The normalized spacial score (nSPS) is 15.9. The first kappa shape index (κ1) is 90.4. The number of ether oxygens (including phenoxy) is 9. The first-order chi connectivity index (χ1) is 53.8. The second-order valence-electron chi connectivity index (χ2n) is 28.2. The maximum absolute atomic E-state index is 10.7. The minimum atomic E-state index is -0.750. The van der Waals surface area contributed by atoms with E-state index in [1.807, 2.05) is 243 Å². The van der Waals surface area contributed by atoms with Crippen molar-refractivity contribution in [2.45, 2.75) is 152 Å². The number of rotatable bonds is 17. The summed E-state index contributed by atoms with van der Waals surface area (Å²) in [6.07, 6.45) is 0.918. The molecule has 1 fully saturated rings. The summed E-state index contributed by atoms with van der Waals surface area (Å²) in [6.45, 7) is 49.1. The van der Waals surface area contributed by atoms with Gasteiger partial charge in [-0.1, -0.05) is 133 Å². The number of nitrogens with zero attached hydrogens (tertiary/aromatic N) is 9. The van der Waals surface area contributed by atoms with E-state index in [1.165, 1.54) is 6.33 Å². The number of carbonyl (C=O) groups excluding carboxylic acids is 1. The van der Waals surface area contributed by atoms with Crippen LogP contribution in [0.4, 0.5) is 23.0 Å². The van der Waals surface area contributed by atoms with Crippen LogP contribution in [-0.4, -0.2) is 79.3 Å². The molecule has 4 aliphatic rings. The number of aliphatic hydroxyl groups is 1. The number of aromatic nitrogens is 4. The number of carbonyl (C=O) groups is 1. The molecule has 590 valence electrons. The Hall–Kier alpha value is -11.8. The van der Waals surface area contributed by atoms with Crippen molar-refractivity contribution in [3.05, 3.63) is 309 Å². The van der Waals surface area contributed by atoms with Gasteiger partial charge < -0.3 is 78.6 Å². The predicted octanol–water partition coefficient (Wildman–Crippen LogP) is 16.7. The summed E-state index contributed by atoms with van der Waals surface area (Å²) < 4.78 is 55.8. The zero-order chi connectivity index (χ0) is 80.1. The molecule has 0 aliphatic carbocycles. The van der Waals surface area contributed by atoms with Crippen molar-refractivity contribution in [1.29, 1.82) is 0 Å².